The number of nitrogens with one attached hydrogen (secondary N) is 1. The van der Waals surface area contributed by atoms with Crippen LogP contribution in [0.2, 0.25) is 0 Å². The van der Waals surface area contributed by atoms with E-state index in [1.807, 2.05) is 27.2 Å². The molecule has 1 amide bonds. The molecule has 0 aromatic carbocycles. The van der Waals surface area contributed by atoms with E-state index in [-0.39, 0.29) is 19.1 Å². The van der Waals surface area contributed by atoms with Gasteiger partial charge in [-0.05, 0) is 70.6 Å². The summed E-state index contributed by atoms with van der Waals surface area (Å²) < 4.78 is 23.6. The van der Waals surface area contributed by atoms with Crippen molar-refractivity contribution in [2.45, 2.75) is 283 Å². The summed E-state index contributed by atoms with van der Waals surface area (Å²) in [5.74, 6) is -0.199. The fraction of sp³-hybridized carbons (Fsp3) is 0.847. The molecule has 0 saturated carbocycles. The van der Waals surface area contributed by atoms with Crippen LogP contribution in [0.4, 0.5) is 0 Å². The summed E-state index contributed by atoms with van der Waals surface area (Å²) in [6.07, 6.45) is 66.7. The van der Waals surface area contributed by atoms with Gasteiger partial charge >= 0.3 is 7.82 Å². The lowest BCUT2D eigenvalue weighted by atomic mass is 10.0. The van der Waals surface area contributed by atoms with Crippen LogP contribution in [0.5, 0.6) is 0 Å². The van der Waals surface area contributed by atoms with Gasteiger partial charge in [0.15, 0.2) is 0 Å². The average molecular weight is 979 g/mol. The molecular weight excluding hydrogens is 864 g/mol. The molecule has 0 aliphatic heterocycles. The van der Waals surface area contributed by atoms with Crippen molar-refractivity contribution >= 4 is 13.7 Å². The van der Waals surface area contributed by atoms with E-state index in [9.17, 15) is 19.4 Å². The number of phosphoric ester groups is 1. The van der Waals surface area contributed by atoms with Crippen molar-refractivity contribution in [3.8, 4) is 0 Å². The lowest BCUT2D eigenvalue weighted by Crippen LogP contribution is -2.45. The molecule has 0 aromatic heterocycles. The maximum Gasteiger partial charge on any atom is 0.472 e. The summed E-state index contributed by atoms with van der Waals surface area (Å²) in [6, 6.07) is -0.875. The summed E-state index contributed by atoms with van der Waals surface area (Å²) in [6.45, 7) is 4.79. The van der Waals surface area contributed by atoms with Gasteiger partial charge < -0.3 is 19.8 Å². The van der Waals surface area contributed by atoms with Crippen LogP contribution < -0.4 is 5.32 Å². The molecule has 0 aromatic rings. The lowest BCUT2D eigenvalue weighted by Gasteiger charge is -2.25. The smallest absolute Gasteiger partial charge is 0.387 e. The highest BCUT2D eigenvalue weighted by Gasteiger charge is 2.27. The molecule has 0 rings (SSSR count). The molecule has 3 N–H and O–H groups in total. The van der Waals surface area contributed by atoms with Crippen LogP contribution in [-0.4, -0.2) is 73.4 Å². The average Bonchev–Trinajstić information content (AvgIpc) is 3.30. The number of carbonyl (C=O) groups is 1. The Morgan fingerprint density at radius 2 is 0.809 bits per heavy atom. The van der Waals surface area contributed by atoms with Crippen LogP contribution in [0.15, 0.2) is 48.6 Å². The molecular formula is C59H114N2O6P+. The minimum Gasteiger partial charge on any atom is -0.387 e. The number of hydrogen-bond acceptors (Lipinski definition) is 5. The summed E-state index contributed by atoms with van der Waals surface area (Å²) in [5.41, 5.74) is 0. The second-order valence-corrected chi connectivity index (χ2v) is 22.4. The van der Waals surface area contributed by atoms with Crippen molar-refractivity contribution in [1.29, 1.82) is 0 Å². The van der Waals surface area contributed by atoms with Crippen molar-refractivity contribution in [2.75, 3.05) is 40.9 Å². The molecule has 3 atom stereocenters. The molecule has 0 heterocycles. The monoisotopic (exact) mass is 978 g/mol. The van der Waals surface area contributed by atoms with Crippen molar-refractivity contribution in [1.82, 2.24) is 5.32 Å². The molecule has 400 valence electrons. The third kappa shape index (κ3) is 52.3. The fourth-order valence-electron chi connectivity index (χ4n) is 8.42. The zero-order valence-corrected chi connectivity index (χ0v) is 46.5. The molecule has 0 radical (unpaired) electrons. The number of allylic oxidation sites excluding steroid dienone is 7. The van der Waals surface area contributed by atoms with Crippen LogP contribution in [0, 0.1) is 0 Å². The summed E-state index contributed by atoms with van der Waals surface area (Å²) in [4.78, 5) is 23.2. The minimum atomic E-state index is -4.36. The minimum absolute atomic E-state index is 0.0513. The molecule has 3 unspecified atom stereocenters. The molecule has 0 spiro atoms. The summed E-state index contributed by atoms with van der Waals surface area (Å²) in [7, 11) is 1.54. The van der Waals surface area contributed by atoms with Crippen LogP contribution >= 0.6 is 7.82 Å². The number of quaternary nitrogens is 1. The maximum absolute atomic E-state index is 12.9. The number of nitrogens with zero attached hydrogens (tertiary/aromatic N) is 1. The highest BCUT2D eigenvalue weighted by molar-refractivity contribution is 7.47. The quantitative estimate of drug-likeness (QED) is 0.0243. The van der Waals surface area contributed by atoms with Crippen molar-refractivity contribution in [3.05, 3.63) is 48.6 Å². The Kier molecular flexibility index (Phi) is 49.3. The number of hydrogen-bond donors (Lipinski definition) is 3. The van der Waals surface area contributed by atoms with Crippen molar-refractivity contribution < 1.29 is 32.9 Å². The normalized spacial score (nSPS) is 14.3. The number of likely N-dealkylation sites (N-methyl/N-ethyl adjacent to an activating group) is 1. The number of amides is 1. The number of carbonyl (C=O) groups excluding carboxylic acids is 1. The number of rotatable bonds is 53. The topological polar surface area (TPSA) is 105 Å². The van der Waals surface area contributed by atoms with E-state index in [1.54, 1.807) is 6.08 Å². The van der Waals surface area contributed by atoms with Crippen molar-refractivity contribution in [3.63, 3.8) is 0 Å². The second kappa shape index (κ2) is 50.4. The second-order valence-electron chi connectivity index (χ2n) is 21.0. The Morgan fingerprint density at radius 1 is 0.485 bits per heavy atom. The van der Waals surface area contributed by atoms with E-state index < -0.39 is 20.0 Å². The molecule has 8 nitrogen and oxygen atoms in total. The lowest BCUT2D eigenvalue weighted by molar-refractivity contribution is -0.870. The van der Waals surface area contributed by atoms with E-state index in [0.717, 1.165) is 57.8 Å². The van der Waals surface area contributed by atoms with Gasteiger partial charge in [-0.25, -0.2) is 4.57 Å². The first-order chi connectivity index (χ1) is 33.0. The van der Waals surface area contributed by atoms with Gasteiger partial charge in [0.25, 0.3) is 0 Å². The Labute approximate surface area is 422 Å². The van der Waals surface area contributed by atoms with Gasteiger partial charge in [-0.1, -0.05) is 242 Å². The number of aliphatic hydroxyl groups excluding tert-OH is 1. The first-order valence-corrected chi connectivity index (χ1v) is 30.5. The van der Waals surface area contributed by atoms with Crippen LogP contribution in [-0.2, 0) is 18.4 Å². The van der Waals surface area contributed by atoms with Gasteiger partial charge in [-0.15, -0.1) is 0 Å². The zero-order valence-electron chi connectivity index (χ0n) is 45.6. The van der Waals surface area contributed by atoms with Gasteiger partial charge in [0.1, 0.15) is 13.2 Å². The van der Waals surface area contributed by atoms with Crippen LogP contribution in [0.25, 0.3) is 0 Å². The first-order valence-electron chi connectivity index (χ1n) is 29.0. The molecule has 9 heteroatoms. The Hall–Kier alpha value is -1.54. The first kappa shape index (κ1) is 66.5. The Bertz CT molecular complexity index is 1250. The maximum atomic E-state index is 12.9. The SMILES string of the molecule is CCCCCCC/C=C\CCCCCCCC(=O)NC(COP(=O)(O)OCC[N+](C)(C)C)C(O)/C=C/CC/C=C/CC/C=C/CCCCCCCCCCCCCCCCCCCCCCCC. The molecule has 0 fully saturated rings. The Balaban J connectivity index is 4.17. The molecule has 0 saturated heterocycles. The van der Waals surface area contributed by atoms with E-state index in [0.29, 0.717) is 17.4 Å². The predicted molar refractivity (Wildman–Crippen MR) is 295 cm³/mol. The number of aliphatic hydroxyl groups is 1. The summed E-state index contributed by atoms with van der Waals surface area (Å²) in [5, 5.41) is 13.9. The van der Waals surface area contributed by atoms with E-state index in [4.69, 9.17) is 9.05 Å². The molecule has 0 bridgehead atoms. The van der Waals surface area contributed by atoms with Gasteiger partial charge in [0, 0.05) is 6.42 Å². The van der Waals surface area contributed by atoms with E-state index >= 15 is 0 Å². The van der Waals surface area contributed by atoms with Gasteiger partial charge in [0.05, 0.1) is 39.9 Å². The fourth-order valence-corrected chi connectivity index (χ4v) is 9.16. The van der Waals surface area contributed by atoms with Crippen molar-refractivity contribution in [2.24, 2.45) is 0 Å². The number of phosphoric acid groups is 1. The van der Waals surface area contributed by atoms with Gasteiger partial charge in [-0.2, -0.15) is 0 Å². The third-order valence-electron chi connectivity index (χ3n) is 13.0. The predicted octanol–water partition coefficient (Wildman–Crippen LogP) is 17.5. The largest absolute Gasteiger partial charge is 0.472 e. The highest BCUT2D eigenvalue weighted by Crippen LogP contribution is 2.43. The number of unbranched alkanes of at least 4 members (excludes halogenated alkanes) is 34. The third-order valence-corrected chi connectivity index (χ3v) is 14.0. The van der Waals surface area contributed by atoms with Crippen LogP contribution in [0.1, 0.15) is 271 Å². The zero-order chi connectivity index (χ0) is 49.9. The van der Waals surface area contributed by atoms with Gasteiger partial charge in [-0.3, -0.25) is 13.8 Å². The summed E-state index contributed by atoms with van der Waals surface area (Å²) >= 11 is 0. The molecule has 0 aliphatic carbocycles. The van der Waals surface area contributed by atoms with Crippen LogP contribution in [0.3, 0.4) is 0 Å². The van der Waals surface area contributed by atoms with E-state index in [1.165, 1.54) is 193 Å². The molecule has 68 heavy (non-hydrogen) atoms. The standard InChI is InChI=1S/C59H113N2O6P/c1-6-8-10-12-14-16-18-20-22-23-24-25-26-27-28-29-30-31-32-33-34-35-36-37-38-39-40-42-44-46-48-50-52-58(62)57(56-67-68(64,65)66-55-54-61(3,4)5)60-59(63)53-51-49-47-45-43-41-21-19-17-15-13-11-9-7-2/h19,21,37-38,42,44,50,52,57-58,62H,6-18,20,22-36,39-41,43,45-49,51,53-56H2,1-5H3,(H-,60,63,64,65)/p+1/b21-19-,38-37+,44-42+,52-50+. The van der Waals surface area contributed by atoms with E-state index in [2.05, 4.69) is 55.6 Å². The Morgan fingerprint density at radius 3 is 1.18 bits per heavy atom. The highest BCUT2D eigenvalue weighted by atomic mass is 31.2. The molecule has 0 aliphatic rings. The van der Waals surface area contributed by atoms with Gasteiger partial charge in [0.2, 0.25) is 5.91 Å².